The highest BCUT2D eigenvalue weighted by atomic mass is 79.9. The van der Waals surface area contributed by atoms with E-state index in [0.717, 1.165) is 21.8 Å². The number of aromatic nitrogens is 2. The maximum Gasteiger partial charge on any atom is 0.194 e. The van der Waals surface area contributed by atoms with E-state index in [-0.39, 0.29) is 0 Å². The van der Waals surface area contributed by atoms with Crippen molar-refractivity contribution in [1.82, 2.24) is 19.6 Å². The van der Waals surface area contributed by atoms with Gasteiger partial charge in [-0.2, -0.15) is 0 Å². The van der Waals surface area contributed by atoms with Crippen LogP contribution in [0.2, 0.25) is 0 Å². The highest BCUT2D eigenvalue weighted by molar-refractivity contribution is 9.10. The molecule has 0 atom stereocenters. The van der Waals surface area contributed by atoms with Gasteiger partial charge in [0.05, 0.1) is 18.8 Å². The molecule has 0 aliphatic rings. The standard InChI is InChI=1S/C18H20BrN5/c1-23(2)18(20-10-14-6-4-3-5-7-14)21-11-16-13-24-12-15(19)8-9-17(24)22-16/h3-9,12-13H,10-11H2,1-2H3,(H,20,21). The third-order valence-corrected chi connectivity index (χ3v) is 4.04. The van der Waals surface area contributed by atoms with Crippen LogP contribution < -0.4 is 5.32 Å². The van der Waals surface area contributed by atoms with Gasteiger partial charge in [-0.3, -0.25) is 0 Å². The zero-order chi connectivity index (χ0) is 16.9. The fourth-order valence-corrected chi connectivity index (χ4v) is 2.73. The Morgan fingerprint density at radius 1 is 1.17 bits per heavy atom. The van der Waals surface area contributed by atoms with E-state index >= 15 is 0 Å². The van der Waals surface area contributed by atoms with Crippen LogP contribution in [0.3, 0.4) is 0 Å². The van der Waals surface area contributed by atoms with Crippen molar-refractivity contribution in [1.29, 1.82) is 0 Å². The number of rotatable bonds is 4. The van der Waals surface area contributed by atoms with E-state index in [9.17, 15) is 0 Å². The Bertz CT molecular complexity index is 839. The van der Waals surface area contributed by atoms with Crippen molar-refractivity contribution in [2.75, 3.05) is 14.1 Å². The van der Waals surface area contributed by atoms with Gasteiger partial charge < -0.3 is 14.6 Å². The molecule has 24 heavy (non-hydrogen) atoms. The SMILES string of the molecule is CN(C)C(=NCc1ccccc1)NCc1cn2cc(Br)ccc2n1. The molecular formula is C18H20BrN5. The predicted octanol–water partition coefficient (Wildman–Crippen LogP) is 3.30. The van der Waals surface area contributed by atoms with Crippen molar-refractivity contribution in [3.05, 3.63) is 70.6 Å². The molecule has 5 nitrogen and oxygen atoms in total. The highest BCUT2D eigenvalue weighted by Crippen LogP contribution is 2.12. The minimum absolute atomic E-state index is 0.630. The van der Waals surface area contributed by atoms with Crippen LogP contribution >= 0.6 is 15.9 Å². The van der Waals surface area contributed by atoms with Gasteiger partial charge in [0.2, 0.25) is 0 Å². The number of halogens is 1. The van der Waals surface area contributed by atoms with Gasteiger partial charge in [0, 0.05) is 31.0 Å². The highest BCUT2D eigenvalue weighted by Gasteiger charge is 2.05. The smallest absolute Gasteiger partial charge is 0.194 e. The van der Waals surface area contributed by atoms with Gasteiger partial charge in [-0.1, -0.05) is 30.3 Å². The zero-order valence-electron chi connectivity index (χ0n) is 13.8. The molecule has 1 aromatic carbocycles. The molecule has 0 amide bonds. The second-order valence-electron chi connectivity index (χ2n) is 5.72. The molecular weight excluding hydrogens is 366 g/mol. The number of imidazole rings is 1. The lowest BCUT2D eigenvalue weighted by Gasteiger charge is -2.17. The summed E-state index contributed by atoms with van der Waals surface area (Å²) in [5, 5.41) is 3.37. The van der Waals surface area contributed by atoms with Crippen molar-refractivity contribution < 1.29 is 0 Å². The average Bonchev–Trinajstić information content (AvgIpc) is 2.97. The Morgan fingerprint density at radius 2 is 1.96 bits per heavy atom. The molecule has 0 saturated heterocycles. The molecule has 0 aliphatic carbocycles. The number of benzene rings is 1. The van der Waals surface area contributed by atoms with E-state index in [4.69, 9.17) is 0 Å². The van der Waals surface area contributed by atoms with Gasteiger partial charge in [0.25, 0.3) is 0 Å². The topological polar surface area (TPSA) is 44.9 Å². The number of hydrogen-bond acceptors (Lipinski definition) is 2. The van der Waals surface area contributed by atoms with E-state index in [0.29, 0.717) is 13.1 Å². The number of fused-ring (bicyclic) bond motifs is 1. The normalized spacial score (nSPS) is 11.7. The number of hydrogen-bond donors (Lipinski definition) is 1. The molecule has 0 unspecified atom stereocenters. The third kappa shape index (κ3) is 4.14. The molecule has 0 aliphatic heterocycles. The van der Waals surface area contributed by atoms with Crippen LogP contribution in [0.5, 0.6) is 0 Å². The molecule has 3 aromatic rings. The van der Waals surface area contributed by atoms with Gasteiger partial charge in [0.1, 0.15) is 5.65 Å². The van der Waals surface area contributed by atoms with Crippen molar-refractivity contribution in [2.24, 2.45) is 4.99 Å². The first-order chi connectivity index (χ1) is 11.6. The fourth-order valence-electron chi connectivity index (χ4n) is 2.38. The summed E-state index contributed by atoms with van der Waals surface area (Å²) in [5.41, 5.74) is 3.10. The molecule has 124 valence electrons. The Labute approximate surface area is 150 Å². The minimum Gasteiger partial charge on any atom is -0.351 e. The fraction of sp³-hybridized carbons (Fsp3) is 0.222. The maximum atomic E-state index is 4.67. The Hall–Kier alpha value is -2.34. The summed E-state index contributed by atoms with van der Waals surface area (Å²) < 4.78 is 3.04. The average molecular weight is 386 g/mol. The number of pyridine rings is 1. The molecule has 0 fully saturated rings. The van der Waals surface area contributed by atoms with Gasteiger partial charge in [-0.25, -0.2) is 9.98 Å². The largest absolute Gasteiger partial charge is 0.351 e. The zero-order valence-corrected chi connectivity index (χ0v) is 15.4. The molecule has 3 rings (SSSR count). The lowest BCUT2D eigenvalue weighted by Crippen LogP contribution is -2.36. The lowest BCUT2D eigenvalue weighted by molar-refractivity contribution is 0.577. The Morgan fingerprint density at radius 3 is 2.71 bits per heavy atom. The molecule has 0 radical (unpaired) electrons. The number of guanidine groups is 1. The van der Waals surface area contributed by atoms with Crippen LogP contribution in [0.4, 0.5) is 0 Å². The summed E-state index contributed by atoms with van der Waals surface area (Å²) in [6, 6.07) is 14.2. The van der Waals surface area contributed by atoms with Crippen LogP contribution in [0, 0.1) is 0 Å². The quantitative estimate of drug-likeness (QED) is 0.553. The number of aliphatic imine (C=N–C) groups is 1. The Kier molecular flexibility index (Phi) is 5.15. The summed E-state index contributed by atoms with van der Waals surface area (Å²) in [4.78, 5) is 11.3. The molecule has 0 spiro atoms. The van der Waals surface area contributed by atoms with E-state index in [1.807, 2.05) is 66.1 Å². The molecule has 0 bridgehead atoms. The monoisotopic (exact) mass is 385 g/mol. The summed E-state index contributed by atoms with van der Waals surface area (Å²) in [5.74, 6) is 0.845. The molecule has 0 saturated carbocycles. The summed E-state index contributed by atoms with van der Waals surface area (Å²) in [6.45, 7) is 1.28. The molecule has 2 aromatic heterocycles. The van der Waals surface area contributed by atoms with E-state index in [1.54, 1.807) is 0 Å². The van der Waals surface area contributed by atoms with E-state index in [1.165, 1.54) is 5.56 Å². The third-order valence-electron chi connectivity index (χ3n) is 3.57. The van der Waals surface area contributed by atoms with E-state index in [2.05, 4.69) is 43.4 Å². The minimum atomic E-state index is 0.630. The number of nitrogens with zero attached hydrogens (tertiary/aromatic N) is 4. The van der Waals surface area contributed by atoms with Crippen LogP contribution in [-0.2, 0) is 13.1 Å². The second kappa shape index (κ2) is 7.49. The first kappa shape index (κ1) is 16.5. The summed E-state index contributed by atoms with van der Waals surface area (Å²) in [7, 11) is 3.97. The predicted molar refractivity (Wildman–Crippen MR) is 101 cm³/mol. The maximum absolute atomic E-state index is 4.67. The van der Waals surface area contributed by atoms with Gasteiger partial charge in [-0.15, -0.1) is 0 Å². The van der Waals surface area contributed by atoms with Crippen LogP contribution in [0.1, 0.15) is 11.3 Å². The van der Waals surface area contributed by atoms with Gasteiger partial charge in [0.15, 0.2) is 5.96 Å². The van der Waals surface area contributed by atoms with Crippen molar-refractivity contribution in [2.45, 2.75) is 13.1 Å². The van der Waals surface area contributed by atoms with Crippen molar-refractivity contribution in [3.8, 4) is 0 Å². The van der Waals surface area contributed by atoms with Crippen molar-refractivity contribution in [3.63, 3.8) is 0 Å². The van der Waals surface area contributed by atoms with Crippen LogP contribution in [-0.4, -0.2) is 34.3 Å². The molecule has 2 heterocycles. The number of nitrogens with one attached hydrogen (secondary N) is 1. The van der Waals surface area contributed by atoms with E-state index < -0.39 is 0 Å². The second-order valence-corrected chi connectivity index (χ2v) is 6.63. The van der Waals surface area contributed by atoms with Crippen molar-refractivity contribution >= 4 is 27.5 Å². The Balaban J connectivity index is 1.68. The molecule has 6 heteroatoms. The van der Waals surface area contributed by atoms with Crippen LogP contribution in [0.25, 0.3) is 5.65 Å². The van der Waals surface area contributed by atoms with Crippen LogP contribution in [0.15, 0.2) is 64.3 Å². The first-order valence-corrected chi connectivity index (χ1v) is 8.54. The van der Waals surface area contributed by atoms with Gasteiger partial charge in [-0.05, 0) is 33.6 Å². The lowest BCUT2D eigenvalue weighted by atomic mass is 10.2. The molecule has 1 N–H and O–H groups in total. The first-order valence-electron chi connectivity index (χ1n) is 7.74. The van der Waals surface area contributed by atoms with Gasteiger partial charge >= 0.3 is 0 Å². The summed E-state index contributed by atoms with van der Waals surface area (Å²) >= 11 is 3.48. The summed E-state index contributed by atoms with van der Waals surface area (Å²) in [6.07, 6.45) is 4.03.